The predicted octanol–water partition coefficient (Wildman–Crippen LogP) is 3.29. The second-order valence-corrected chi connectivity index (χ2v) is 4.55. The highest BCUT2D eigenvalue weighted by atomic mass is 32.1. The molecule has 0 aliphatic carbocycles. The zero-order chi connectivity index (χ0) is 11.8. The van der Waals surface area contributed by atoms with Gasteiger partial charge in [-0.3, -0.25) is 9.36 Å². The molecule has 0 saturated carbocycles. The van der Waals surface area contributed by atoms with Crippen LogP contribution >= 0.6 is 11.3 Å². The zero-order valence-corrected chi connectivity index (χ0v) is 10.1. The number of hydrogen-bond donors (Lipinski definition) is 0. The SMILES string of the molecule is CC(=O)c1cn(-c2cscn2)c2ccccc12. The summed E-state index contributed by atoms with van der Waals surface area (Å²) in [7, 11) is 0. The lowest BCUT2D eigenvalue weighted by molar-refractivity contribution is 0.101. The van der Waals surface area contributed by atoms with E-state index in [0.717, 1.165) is 22.3 Å². The minimum Gasteiger partial charge on any atom is -0.300 e. The van der Waals surface area contributed by atoms with E-state index in [9.17, 15) is 4.79 Å². The molecular formula is C13H10N2OS. The Labute approximate surface area is 102 Å². The van der Waals surface area contributed by atoms with Crippen LogP contribution in [0.4, 0.5) is 0 Å². The van der Waals surface area contributed by atoms with Gasteiger partial charge in [0, 0.05) is 22.5 Å². The van der Waals surface area contributed by atoms with Crippen molar-refractivity contribution in [2.75, 3.05) is 0 Å². The van der Waals surface area contributed by atoms with Crippen LogP contribution in [0.2, 0.25) is 0 Å². The first-order valence-corrected chi connectivity index (χ1v) is 6.21. The Morgan fingerprint density at radius 3 is 2.88 bits per heavy atom. The van der Waals surface area contributed by atoms with Crippen LogP contribution in [0.1, 0.15) is 17.3 Å². The molecule has 0 fully saturated rings. The van der Waals surface area contributed by atoms with E-state index in [0.29, 0.717) is 0 Å². The van der Waals surface area contributed by atoms with Gasteiger partial charge < -0.3 is 0 Å². The number of aromatic nitrogens is 2. The van der Waals surface area contributed by atoms with E-state index in [4.69, 9.17) is 0 Å². The maximum atomic E-state index is 11.6. The Bertz CT molecular complexity index is 683. The highest BCUT2D eigenvalue weighted by Gasteiger charge is 2.12. The van der Waals surface area contributed by atoms with Crippen LogP contribution in [0.3, 0.4) is 0 Å². The van der Waals surface area contributed by atoms with Crippen molar-refractivity contribution >= 4 is 28.0 Å². The number of hydrogen-bond acceptors (Lipinski definition) is 3. The fourth-order valence-electron chi connectivity index (χ4n) is 1.97. The molecule has 2 heterocycles. The largest absolute Gasteiger partial charge is 0.300 e. The van der Waals surface area contributed by atoms with Gasteiger partial charge in [-0.1, -0.05) is 18.2 Å². The van der Waals surface area contributed by atoms with Gasteiger partial charge >= 0.3 is 0 Å². The van der Waals surface area contributed by atoms with Gasteiger partial charge in [-0.2, -0.15) is 0 Å². The van der Waals surface area contributed by atoms with Crippen molar-refractivity contribution in [3.63, 3.8) is 0 Å². The normalized spacial score (nSPS) is 10.9. The summed E-state index contributed by atoms with van der Waals surface area (Å²) < 4.78 is 1.96. The summed E-state index contributed by atoms with van der Waals surface area (Å²) in [4.78, 5) is 15.9. The lowest BCUT2D eigenvalue weighted by Gasteiger charge is -1.99. The molecule has 84 valence electrons. The Kier molecular flexibility index (Phi) is 2.30. The quantitative estimate of drug-likeness (QED) is 0.646. The number of carbonyl (C=O) groups excluding carboxylic acids is 1. The van der Waals surface area contributed by atoms with Gasteiger partial charge in [0.05, 0.1) is 11.0 Å². The van der Waals surface area contributed by atoms with E-state index >= 15 is 0 Å². The van der Waals surface area contributed by atoms with Crippen LogP contribution in [0.5, 0.6) is 0 Å². The summed E-state index contributed by atoms with van der Waals surface area (Å²) >= 11 is 1.54. The van der Waals surface area contributed by atoms with Gasteiger partial charge in [0.25, 0.3) is 0 Å². The van der Waals surface area contributed by atoms with Crippen molar-refractivity contribution in [3.05, 3.63) is 46.9 Å². The van der Waals surface area contributed by atoms with Crippen molar-refractivity contribution < 1.29 is 4.79 Å². The summed E-state index contributed by atoms with van der Waals surface area (Å²) in [5.41, 5.74) is 3.55. The van der Waals surface area contributed by atoms with Crippen LogP contribution in [0, 0.1) is 0 Å². The number of benzene rings is 1. The highest BCUT2D eigenvalue weighted by Crippen LogP contribution is 2.24. The molecule has 0 spiro atoms. The van der Waals surface area contributed by atoms with Gasteiger partial charge in [0.15, 0.2) is 5.78 Å². The van der Waals surface area contributed by atoms with E-state index in [1.807, 2.05) is 40.4 Å². The number of nitrogens with zero attached hydrogens (tertiary/aromatic N) is 2. The molecule has 0 radical (unpaired) electrons. The molecule has 3 aromatic rings. The summed E-state index contributed by atoms with van der Waals surface area (Å²) in [6, 6.07) is 7.88. The molecule has 0 atom stereocenters. The molecule has 0 saturated heterocycles. The summed E-state index contributed by atoms with van der Waals surface area (Å²) in [5, 5.41) is 2.95. The summed E-state index contributed by atoms with van der Waals surface area (Å²) in [5.74, 6) is 0.939. The third kappa shape index (κ3) is 1.57. The van der Waals surface area contributed by atoms with Crippen molar-refractivity contribution in [2.24, 2.45) is 0 Å². The van der Waals surface area contributed by atoms with Gasteiger partial charge in [-0.25, -0.2) is 4.98 Å². The van der Waals surface area contributed by atoms with Gasteiger partial charge in [-0.15, -0.1) is 11.3 Å². The Morgan fingerprint density at radius 2 is 2.18 bits per heavy atom. The molecule has 0 bridgehead atoms. The number of ketones is 1. The number of thiazole rings is 1. The van der Waals surface area contributed by atoms with Gasteiger partial charge in [0.2, 0.25) is 0 Å². The first-order chi connectivity index (χ1) is 8.27. The average Bonchev–Trinajstić information content (AvgIpc) is 2.95. The maximum Gasteiger partial charge on any atom is 0.161 e. The standard InChI is InChI=1S/C13H10N2OS/c1-9(16)11-6-15(13-7-17-8-14-13)12-5-3-2-4-10(11)12/h2-8H,1H3. The van der Waals surface area contributed by atoms with Crippen LogP contribution in [0.15, 0.2) is 41.4 Å². The number of fused-ring (bicyclic) bond motifs is 1. The average molecular weight is 242 g/mol. The first-order valence-electron chi connectivity index (χ1n) is 5.27. The number of carbonyl (C=O) groups is 1. The van der Waals surface area contributed by atoms with Crippen molar-refractivity contribution in [1.82, 2.24) is 9.55 Å². The van der Waals surface area contributed by atoms with Crippen LogP contribution in [0.25, 0.3) is 16.7 Å². The zero-order valence-electron chi connectivity index (χ0n) is 9.25. The molecular weight excluding hydrogens is 232 g/mol. The lowest BCUT2D eigenvalue weighted by atomic mass is 10.1. The smallest absolute Gasteiger partial charge is 0.161 e. The van der Waals surface area contributed by atoms with Crippen LogP contribution in [-0.4, -0.2) is 15.3 Å². The third-order valence-corrected chi connectivity index (χ3v) is 3.33. The van der Waals surface area contributed by atoms with Crippen molar-refractivity contribution in [3.8, 4) is 5.82 Å². The first kappa shape index (κ1) is 10.2. The molecule has 3 rings (SSSR count). The Morgan fingerprint density at radius 1 is 1.35 bits per heavy atom. The Balaban J connectivity index is 2.37. The molecule has 1 aromatic carbocycles. The van der Waals surface area contributed by atoms with E-state index in [-0.39, 0.29) is 5.78 Å². The Hall–Kier alpha value is -1.94. The highest BCUT2D eigenvalue weighted by molar-refractivity contribution is 7.07. The monoisotopic (exact) mass is 242 g/mol. The molecule has 0 aliphatic rings. The number of rotatable bonds is 2. The maximum absolute atomic E-state index is 11.6. The third-order valence-electron chi connectivity index (χ3n) is 2.76. The van der Waals surface area contributed by atoms with Crippen molar-refractivity contribution in [2.45, 2.75) is 6.92 Å². The minimum absolute atomic E-state index is 0.0789. The molecule has 4 heteroatoms. The summed E-state index contributed by atoms with van der Waals surface area (Å²) in [6.07, 6.45) is 1.86. The molecule has 0 unspecified atom stereocenters. The van der Waals surface area contributed by atoms with E-state index in [1.165, 1.54) is 0 Å². The summed E-state index contributed by atoms with van der Waals surface area (Å²) in [6.45, 7) is 1.59. The van der Waals surface area contributed by atoms with E-state index in [2.05, 4.69) is 4.98 Å². The second-order valence-electron chi connectivity index (χ2n) is 3.83. The molecule has 3 nitrogen and oxygen atoms in total. The fraction of sp³-hybridized carbons (Fsp3) is 0.0769. The van der Waals surface area contributed by atoms with Gasteiger partial charge in [-0.05, 0) is 13.0 Å². The predicted molar refractivity (Wildman–Crippen MR) is 69.0 cm³/mol. The molecule has 0 N–H and O–H groups in total. The van der Waals surface area contributed by atoms with E-state index < -0.39 is 0 Å². The van der Waals surface area contributed by atoms with E-state index in [1.54, 1.807) is 23.8 Å². The molecule has 0 aliphatic heterocycles. The van der Waals surface area contributed by atoms with Crippen molar-refractivity contribution in [1.29, 1.82) is 0 Å². The molecule has 17 heavy (non-hydrogen) atoms. The van der Waals surface area contributed by atoms with Crippen LogP contribution < -0.4 is 0 Å². The topological polar surface area (TPSA) is 34.9 Å². The minimum atomic E-state index is 0.0789. The number of para-hydroxylation sites is 1. The second kappa shape index (κ2) is 3.82. The fourth-order valence-corrected chi connectivity index (χ4v) is 2.50. The van der Waals surface area contributed by atoms with Crippen LogP contribution in [-0.2, 0) is 0 Å². The van der Waals surface area contributed by atoms with Gasteiger partial charge in [0.1, 0.15) is 5.82 Å². The molecule has 0 amide bonds. The lowest BCUT2D eigenvalue weighted by Crippen LogP contribution is -1.92. The molecule has 2 aromatic heterocycles. The number of Topliss-reactive ketones (excluding diaryl/α,β-unsaturated/α-hetero) is 1.